The fraction of sp³-hybridized carbons (Fsp3) is 0.625. The van der Waals surface area contributed by atoms with Gasteiger partial charge in [0.2, 0.25) is 5.91 Å². The van der Waals surface area contributed by atoms with Crippen LogP contribution in [0.3, 0.4) is 0 Å². The van der Waals surface area contributed by atoms with E-state index in [2.05, 4.69) is 5.32 Å². The fourth-order valence-electron chi connectivity index (χ4n) is 0.822. The molecule has 0 aromatic carbocycles. The molecule has 0 rings (SSSR count). The van der Waals surface area contributed by atoms with Crippen molar-refractivity contribution in [3.05, 3.63) is 0 Å². The number of carboxylic acid groups (broad SMARTS) is 1. The van der Waals surface area contributed by atoms with Gasteiger partial charge in [-0.3, -0.25) is 4.79 Å². The Bertz CT molecular complexity index is 265. The minimum absolute atomic E-state index is 0.00968. The number of nitrogens with one attached hydrogen (secondary N) is 1. The third kappa shape index (κ3) is 5.50. The van der Waals surface area contributed by atoms with E-state index in [9.17, 15) is 14.4 Å². The molecule has 7 heteroatoms. The molecule has 0 saturated carbocycles. The van der Waals surface area contributed by atoms with Crippen LogP contribution < -0.4 is 11.1 Å². The SMILES string of the molecule is CN(C)C(=O)N[C@@H](CCC(N)=O)C(=O)O. The van der Waals surface area contributed by atoms with E-state index in [1.54, 1.807) is 0 Å². The second-order valence-corrected chi connectivity index (χ2v) is 3.24. The maximum Gasteiger partial charge on any atom is 0.326 e. The molecule has 1 atom stereocenters. The van der Waals surface area contributed by atoms with Crippen molar-refractivity contribution in [2.75, 3.05) is 14.1 Å². The lowest BCUT2D eigenvalue weighted by molar-refractivity contribution is -0.139. The van der Waals surface area contributed by atoms with E-state index in [0.717, 1.165) is 0 Å². The predicted molar refractivity (Wildman–Crippen MR) is 52.1 cm³/mol. The van der Waals surface area contributed by atoms with Gasteiger partial charge in [0.15, 0.2) is 0 Å². The van der Waals surface area contributed by atoms with E-state index in [0.29, 0.717) is 0 Å². The summed E-state index contributed by atoms with van der Waals surface area (Å²) in [5, 5.41) is 11.0. The number of nitrogens with two attached hydrogens (primary N) is 1. The number of hydrogen-bond donors (Lipinski definition) is 3. The lowest BCUT2D eigenvalue weighted by Gasteiger charge is -2.17. The van der Waals surface area contributed by atoms with Gasteiger partial charge in [0.1, 0.15) is 6.04 Å². The van der Waals surface area contributed by atoms with Crippen LogP contribution in [-0.4, -0.2) is 48.1 Å². The third-order valence-corrected chi connectivity index (χ3v) is 1.68. The standard InChI is InChI=1S/C8H15N3O4/c1-11(2)8(15)10-5(7(13)14)3-4-6(9)12/h5H,3-4H2,1-2H3,(H2,9,12)(H,10,15)(H,13,14)/t5-/m0/s1. The van der Waals surface area contributed by atoms with Crippen molar-refractivity contribution in [1.29, 1.82) is 0 Å². The second-order valence-electron chi connectivity index (χ2n) is 3.24. The second kappa shape index (κ2) is 5.84. The molecule has 0 heterocycles. The van der Waals surface area contributed by atoms with Gasteiger partial charge in [-0.15, -0.1) is 0 Å². The Kier molecular flexibility index (Phi) is 5.14. The summed E-state index contributed by atoms with van der Waals surface area (Å²) in [6.45, 7) is 0. The molecule has 0 aliphatic rings. The minimum atomic E-state index is -1.19. The Morgan fingerprint density at radius 1 is 1.40 bits per heavy atom. The molecular formula is C8H15N3O4. The van der Waals surface area contributed by atoms with E-state index in [1.165, 1.54) is 19.0 Å². The number of hydrogen-bond acceptors (Lipinski definition) is 3. The van der Waals surface area contributed by atoms with E-state index < -0.39 is 23.9 Å². The van der Waals surface area contributed by atoms with Crippen molar-refractivity contribution in [2.24, 2.45) is 5.73 Å². The number of carbonyl (C=O) groups is 3. The molecule has 0 spiro atoms. The minimum Gasteiger partial charge on any atom is -0.480 e. The monoisotopic (exact) mass is 217 g/mol. The molecule has 0 unspecified atom stereocenters. The Labute approximate surface area is 87.2 Å². The summed E-state index contributed by atoms with van der Waals surface area (Å²) in [5.41, 5.74) is 4.88. The molecule has 0 aliphatic carbocycles. The molecule has 15 heavy (non-hydrogen) atoms. The molecule has 86 valence electrons. The van der Waals surface area contributed by atoms with Gasteiger partial charge < -0.3 is 21.1 Å². The molecular weight excluding hydrogens is 202 g/mol. The maximum atomic E-state index is 11.1. The van der Waals surface area contributed by atoms with Gasteiger partial charge >= 0.3 is 12.0 Å². The van der Waals surface area contributed by atoms with Gasteiger partial charge in [0, 0.05) is 20.5 Å². The average Bonchev–Trinajstić information content (AvgIpc) is 2.10. The summed E-state index contributed by atoms with van der Waals surface area (Å²) < 4.78 is 0. The molecule has 0 aromatic rings. The molecule has 4 N–H and O–H groups in total. The van der Waals surface area contributed by atoms with Crippen molar-refractivity contribution < 1.29 is 19.5 Å². The van der Waals surface area contributed by atoms with E-state index in [4.69, 9.17) is 10.8 Å². The summed E-state index contributed by atoms with van der Waals surface area (Å²) in [6.07, 6.45) is -0.0884. The molecule has 0 saturated heterocycles. The van der Waals surface area contributed by atoms with Gasteiger partial charge in [0.25, 0.3) is 0 Å². The van der Waals surface area contributed by atoms with E-state index in [1.807, 2.05) is 0 Å². The number of urea groups is 1. The highest BCUT2D eigenvalue weighted by molar-refractivity contribution is 5.83. The Morgan fingerprint density at radius 3 is 2.27 bits per heavy atom. The number of rotatable bonds is 5. The van der Waals surface area contributed by atoms with Crippen LogP contribution in [0, 0.1) is 0 Å². The molecule has 0 bridgehead atoms. The molecule has 0 radical (unpaired) electrons. The smallest absolute Gasteiger partial charge is 0.326 e. The van der Waals surface area contributed by atoms with Crippen LogP contribution in [0.4, 0.5) is 4.79 Å². The van der Waals surface area contributed by atoms with Crippen molar-refractivity contribution in [3.63, 3.8) is 0 Å². The fourth-order valence-corrected chi connectivity index (χ4v) is 0.822. The van der Waals surface area contributed by atoms with Crippen LogP contribution in [-0.2, 0) is 9.59 Å². The highest BCUT2D eigenvalue weighted by Crippen LogP contribution is 1.98. The van der Waals surface area contributed by atoms with E-state index >= 15 is 0 Å². The predicted octanol–water partition coefficient (Wildman–Crippen LogP) is -1.02. The first-order valence-corrected chi connectivity index (χ1v) is 4.33. The topological polar surface area (TPSA) is 113 Å². The molecule has 7 nitrogen and oxygen atoms in total. The number of carbonyl (C=O) groups excluding carboxylic acids is 2. The highest BCUT2D eigenvalue weighted by atomic mass is 16.4. The van der Waals surface area contributed by atoms with Crippen LogP contribution in [0.1, 0.15) is 12.8 Å². The molecule has 3 amide bonds. The normalized spacial score (nSPS) is 11.6. The van der Waals surface area contributed by atoms with Crippen molar-refractivity contribution in [2.45, 2.75) is 18.9 Å². The Balaban J connectivity index is 4.22. The maximum absolute atomic E-state index is 11.1. The van der Waals surface area contributed by atoms with Crippen LogP contribution in [0.2, 0.25) is 0 Å². The van der Waals surface area contributed by atoms with E-state index in [-0.39, 0.29) is 12.8 Å². The third-order valence-electron chi connectivity index (χ3n) is 1.68. The van der Waals surface area contributed by atoms with Crippen LogP contribution in [0.15, 0.2) is 0 Å². The Hall–Kier alpha value is -1.79. The number of amides is 3. The lowest BCUT2D eigenvalue weighted by atomic mass is 10.1. The molecule has 0 aliphatic heterocycles. The summed E-state index contributed by atoms with van der Waals surface area (Å²) in [7, 11) is 2.98. The molecule has 0 fully saturated rings. The summed E-state index contributed by atoms with van der Waals surface area (Å²) in [6, 6.07) is -1.61. The first-order valence-electron chi connectivity index (χ1n) is 4.33. The highest BCUT2D eigenvalue weighted by Gasteiger charge is 2.20. The summed E-state index contributed by atoms with van der Waals surface area (Å²) in [4.78, 5) is 33.5. The zero-order valence-electron chi connectivity index (χ0n) is 8.69. The van der Waals surface area contributed by atoms with Gasteiger partial charge in [-0.05, 0) is 6.42 Å². The van der Waals surface area contributed by atoms with Gasteiger partial charge in [-0.25, -0.2) is 9.59 Å². The number of aliphatic carboxylic acids is 1. The zero-order valence-corrected chi connectivity index (χ0v) is 8.69. The average molecular weight is 217 g/mol. The van der Waals surface area contributed by atoms with Crippen LogP contribution >= 0.6 is 0 Å². The van der Waals surface area contributed by atoms with Gasteiger partial charge in [-0.1, -0.05) is 0 Å². The number of carboxylic acids is 1. The lowest BCUT2D eigenvalue weighted by Crippen LogP contribution is -2.45. The van der Waals surface area contributed by atoms with Crippen molar-refractivity contribution >= 4 is 17.9 Å². The first kappa shape index (κ1) is 13.2. The van der Waals surface area contributed by atoms with Crippen LogP contribution in [0.25, 0.3) is 0 Å². The number of nitrogens with zero attached hydrogens (tertiary/aromatic N) is 1. The zero-order chi connectivity index (χ0) is 12.0. The van der Waals surface area contributed by atoms with Gasteiger partial charge in [0.05, 0.1) is 0 Å². The first-order chi connectivity index (χ1) is 6.84. The largest absolute Gasteiger partial charge is 0.480 e. The quantitative estimate of drug-likeness (QED) is 0.546. The van der Waals surface area contributed by atoms with Crippen molar-refractivity contribution in [1.82, 2.24) is 10.2 Å². The van der Waals surface area contributed by atoms with Crippen LogP contribution in [0.5, 0.6) is 0 Å². The number of primary amides is 1. The van der Waals surface area contributed by atoms with Gasteiger partial charge in [-0.2, -0.15) is 0 Å². The Morgan fingerprint density at radius 2 is 1.93 bits per heavy atom. The summed E-state index contributed by atoms with van der Waals surface area (Å²) >= 11 is 0. The molecule has 0 aromatic heterocycles. The summed E-state index contributed by atoms with van der Waals surface area (Å²) in [5.74, 6) is -1.79. The van der Waals surface area contributed by atoms with Crippen molar-refractivity contribution in [3.8, 4) is 0 Å².